The lowest BCUT2D eigenvalue weighted by Crippen LogP contribution is -2.36. The Morgan fingerprint density at radius 1 is 1.08 bits per heavy atom. The molecule has 2 heterocycles. The van der Waals surface area contributed by atoms with Gasteiger partial charge in [-0.1, -0.05) is 35.1 Å². The number of aromatic nitrogens is 1. The zero-order valence-electron chi connectivity index (χ0n) is 21.2. The SMILES string of the molecule is COc1cc(C)c(C2C=C(c3ccc(Cl)cc3)N=c3s/c(=C\c4ccc([N+](=O)[O-])cc4)c(=O)n32)c(C)c1C. The summed E-state index contributed by atoms with van der Waals surface area (Å²) in [6.07, 6.45) is 3.76. The number of hydrogen-bond donors (Lipinski definition) is 0. The van der Waals surface area contributed by atoms with Crippen LogP contribution in [0.4, 0.5) is 5.69 Å². The second-order valence-electron chi connectivity index (χ2n) is 9.09. The first-order valence-corrected chi connectivity index (χ1v) is 13.1. The van der Waals surface area contributed by atoms with Crippen molar-refractivity contribution in [2.75, 3.05) is 7.11 Å². The van der Waals surface area contributed by atoms with E-state index in [1.807, 2.05) is 57.2 Å². The van der Waals surface area contributed by atoms with Gasteiger partial charge >= 0.3 is 0 Å². The van der Waals surface area contributed by atoms with Crippen LogP contribution in [0.15, 0.2) is 70.5 Å². The Morgan fingerprint density at radius 2 is 1.76 bits per heavy atom. The Balaban J connectivity index is 1.75. The minimum atomic E-state index is -0.447. The Bertz CT molecular complexity index is 1790. The van der Waals surface area contributed by atoms with E-state index in [1.54, 1.807) is 29.9 Å². The number of nitro benzene ring substituents is 1. The molecule has 0 N–H and O–H groups in total. The second kappa shape index (κ2) is 10.0. The molecule has 3 aromatic carbocycles. The summed E-state index contributed by atoms with van der Waals surface area (Å²) in [5, 5.41) is 11.7. The molecule has 4 aromatic rings. The van der Waals surface area contributed by atoms with Crippen molar-refractivity contribution < 1.29 is 9.66 Å². The van der Waals surface area contributed by atoms with E-state index in [2.05, 4.69) is 0 Å². The molecule has 0 bridgehead atoms. The lowest BCUT2D eigenvalue weighted by molar-refractivity contribution is -0.384. The quantitative estimate of drug-likeness (QED) is 0.245. The average molecular weight is 546 g/mol. The number of fused-ring (bicyclic) bond motifs is 1. The van der Waals surface area contributed by atoms with Gasteiger partial charge in [-0.3, -0.25) is 19.5 Å². The summed E-state index contributed by atoms with van der Waals surface area (Å²) >= 11 is 7.42. The lowest BCUT2D eigenvalue weighted by Gasteiger charge is -2.25. The third-order valence-corrected chi connectivity index (χ3v) is 8.05. The number of allylic oxidation sites excluding steroid dienone is 1. The van der Waals surface area contributed by atoms with E-state index in [0.717, 1.165) is 39.3 Å². The molecular formula is C29H24ClN3O4S. The van der Waals surface area contributed by atoms with Crippen molar-refractivity contribution in [2.24, 2.45) is 4.99 Å². The molecule has 0 saturated carbocycles. The van der Waals surface area contributed by atoms with Crippen LogP contribution in [-0.4, -0.2) is 16.6 Å². The van der Waals surface area contributed by atoms with Gasteiger partial charge in [-0.05, 0) is 91.1 Å². The molecule has 1 aliphatic heterocycles. The summed E-state index contributed by atoms with van der Waals surface area (Å²) in [7, 11) is 1.65. The van der Waals surface area contributed by atoms with Crippen molar-refractivity contribution in [3.05, 3.63) is 129 Å². The van der Waals surface area contributed by atoms with Gasteiger partial charge in [0, 0.05) is 22.7 Å². The van der Waals surface area contributed by atoms with Crippen LogP contribution in [-0.2, 0) is 0 Å². The fraction of sp³-hybridized carbons (Fsp3) is 0.172. The highest BCUT2D eigenvalue weighted by Crippen LogP contribution is 2.35. The molecule has 0 radical (unpaired) electrons. The largest absolute Gasteiger partial charge is 0.496 e. The molecule has 0 saturated heterocycles. The van der Waals surface area contributed by atoms with E-state index in [9.17, 15) is 14.9 Å². The van der Waals surface area contributed by atoms with Crippen LogP contribution in [0.1, 0.15) is 39.4 Å². The van der Waals surface area contributed by atoms with Crippen LogP contribution in [0.3, 0.4) is 0 Å². The number of halogens is 1. The monoisotopic (exact) mass is 545 g/mol. The van der Waals surface area contributed by atoms with Gasteiger partial charge in [0.05, 0.1) is 28.3 Å². The van der Waals surface area contributed by atoms with Gasteiger partial charge in [-0.2, -0.15) is 0 Å². The highest BCUT2D eigenvalue weighted by Gasteiger charge is 2.26. The molecule has 0 amide bonds. The summed E-state index contributed by atoms with van der Waals surface area (Å²) in [6.45, 7) is 6.08. The zero-order valence-corrected chi connectivity index (χ0v) is 22.8. The first kappa shape index (κ1) is 25.6. The van der Waals surface area contributed by atoms with Gasteiger partial charge in [0.25, 0.3) is 11.2 Å². The molecule has 5 rings (SSSR count). The fourth-order valence-electron chi connectivity index (χ4n) is 4.74. The highest BCUT2D eigenvalue weighted by molar-refractivity contribution is 7.07. The van der Waals surface area contributed by atoms with Crippen molar-refractivity contribution in [1.29, 1.82) is 0 Å². The third-order valence-electron chi connectivity index (χ3n) is 6.81. The molecule has 192 valence electrons. The van der Waals surface area contributed by atoms with Crippen molar-refractivity contribution >= 4 is 40.4 Å². The van der Waals surface area contributed by atoms with Gasteiger partial charge in [0.1, 0.15) is 5.75 Å². The van der Waals surface area contributed by atoms with Crippen LogP contribution in [0.2, 0.25) is 5.02 Å². The lowest BCUT2D eigenvalue weighted by atomic mass is 9.90. The normalized spacial score (nSPS) is 15.0. The van der Waals surface area contributed by atoms with Crippen molar-refractivity contribution in [3.8, 4) is 5.75 Å². The Morgan fingerprint density at radius 3 is 2.39 bits per heavy atom. The molecule has 7 nitrogen and oxygen atoms in total. The smallest absolute Gasteiger partial charge is 0.271 e. The standard InChI is InChI=1S/C29H24ClN3O4S/c1-16-13-25(37-4)17(2)18(3)27(16)24-15-23(20-7-9-21(30)10-8-20)31-29-32(24)28(34)26(38-29)14-19-5-11-22(12-6-19)33(35)36/h5-15,24H,1-4H3/b26-14-. The minimum Gasteiger partial charge on any atom is -0.496 e. The van der Waals surface area contributed by atoms with Crippen molar-refractivity contribution in [2.45, 2.75) is 26.8 Å². The molecule has 1 atom stereocenters. The molecule has 38 heavy (non-hydrogen) atoms. The number of aryl methyl sites for hydroxylation is 1. The maximum atomic E-state index is 13.8. The Kier molecular flexibility index (Phi) is 6.77. The van der Waals surface area contributed by atoms with Gasteiger partial charge in [0.2, 0.25) is 0 Å². The van der Waals surface area contributed by atoms with Crippen LogP contribution in [0.25, 0.3) is 11.8 Å². The van der Waals surface area contributed by atoms with E-state index in [-0.39, 0.29) is 17.3 Å². The van der Waals surface area contributed by atoms with Gasteiger partial charge < -0.3 is 4.74 Å². The molecule has 1 unspecified atom stereocenters. The van der Waals surface area contributed by atoms with Crippen molar-refractivity contribution in [3.63, 3.8) is 0 Å². The van der Waals surface area contributed by atoms with E-state index >= 15 is 0 Å². The maximum Gasteiger partial charge on any atom is 0.271 e. The van der Waals surface area contributed by atoms with Crippen LogP contribution >= 0.6 is 22.9 Å². The molecular weight excluding hydrogens is 522 g/mol. The zero-order chi connectivity index (χ0) is 27.1. The molecule has 1 aromatic heterocycles. The number of benzene rings is 3. The molecule has 1 aliphatic rings. The first-order valence-electron chi connectivity index (χ1n) is 11.9. The van der Waals surface area contributed by atoms with Gasteiger partial charge in [0.15, 0.2) is 4.80 Å². The fourth-order valence-corrected chi connectivity index (χ4v) is 5.89. The predicted octanol–water partition coefficient (Wildman–Crippen LogP) is 5.50. The number of nitrogens with zero attached hydrogens (tertiary/aromatic N) is 3. The summed E-state index contributed by atoms with van der Waals surface area (Å²) in [4.78, 5) is 29.8. The molecule has 0 fully saturated rings. The predicted molar refractivity (Wildman–Crippen MR) is 151 cm³/mol. The van der Waals surface area contributed by atoms with Gasteiger partial charge in [-0.15, -0.1) is 0 Å². The Hall–Kier alpha value is -4.01. The number of rotatable bonds is 5. The third kappa shape index (κ3) is 4.57. The topological polar surface area (TPSA) is 86.7 Å². The summed E-state index contributed by atoms with van der Waals surface area (Å²) in [5.74, 6) is 0.802. The first-order chi connectivity index (χ1) is 18.2. The number of nitro groups is 1. The number of non-ortho nitro benzene ring substituents is 1. The summed E-state index contributed by atoms with van der Waals surface area (Å²) < 4.78 is 7.80. The van der Waals surface area contributed by atoms with Crippen LogP contribution in [0.5, 0.6) is 5.75 Å². The maximum absolute atomic E-state index is 13.8. The van der Waals surface area contributed by atoms with Gasteiger partial charge in [-0.25, -0.2) is 4.99 Å². The molecule has 0 spiro atoms. The van der Waals surface area contributed by atoms with E-state index in [0.29, 0.717) is 19.9 Å². The molecule has 9 heteroatoms. The van der Waals surface area contributed by atoms with E-state index < -0.39 is 4.92 Å². The minimum absolute atomic E-state index is 0.00274. The Labute approximate surface area is 227 Å². The van der Waals surface area contributed by atoms with E-state index in [1.165, 1.54) is 23.5 Å². The van der Waals surface area contributed by atoms with Crippen molar-refractivity contribution in [1.82, 2.24) is 4.57 Å². The number of hydrogen-bond acceptors (Lipinski definition) is 6. The molecule has 0 aliphatic carbocycles. The summed E-state index contributed by atoms with van der Waals surface area (Å²) in [6, 6.07) is 15.2. The van der Waals surface area contributed by atoms with Crippen LogP contribution in [0, 0.1) is 30.9 Å². The number of methoxy groups -OCH3 is 1. The highest BCUT2D eigenvalue weighted by atomic mass is 35.5. The van der Waals surface area contributed by atoms with E-state index in [4.69, 9.17) is 21.3 Å². The average Bonchev–Trinajstić information content (AvgIpc) is 3.21. The number of ether oxygens (including phenoxy) is 1. The summed E-state index contributed by atoms with van der Waals surface area (Å²) in [5.41, 5.74) is 6.26. The second-order valence-corrected chi connectivity index (χ2v) is 10.5. The number of thiazole rings is 1. The van der Waals surface area contributed by atoms with Crippen LogP contribution < -0.4 is 19.6 Å².